The van der Waals surface area contributed by atoms with E-state index in [1.54, 1.807) is 25.5 Å². The number of likely N-dealkylation sites (N-methyl/N-ethyl adjacent to an activating group) is 1. The van der Waals surface area contributed by atoms with Gasteiger partial charge in [-0.1, -0.05) is 24.0 Å². The van der Waals surface area contributed by atoms with Crippen LogP contribution in [0.2, 0.25) is 0 Å². The third-order valence-corrected chi connectivity index (χ3v) is 6.16. The molecule has 0 aliphatic carbocycles. The van der Waals surface area contributed by atoms with Gasteiger partial charge in [-0.25, -0.2) is 4.98 Å². The summed E-state index contributed by atoms with van der Waals surface area (Å²) in [5.41, 5.74) is 2.67. The number of rotatable bonds is 3. The van der Waals surface area contributed by atoms with Crippen molar-refractivity contribution in [2.45, 2.75) is 0 Å². The van der Waals surface area contributed by atoms with Crippen LogP contribution in [0.3, 0.4) is 0 Å². The molecule has 5 nitrogen and oxygen atoms in total. The van der Waals surface area contributed by atoms with E-state index in [0.29, 0.717) is 9.23 Å². The Balaban J connectivity index is 1.86. The fraction of sp³-hybridized carbons (Fsp3) is 0.118. The first-order chi connectivity index (χ1) is 12.1. The number of carbonyl (C=O) groups excluding carboxylic acids is 1. The lowest BCUT2D eigenvalue weighted by Crippen LogP contribution is -2.22. The summed E-state index contributed by atoms with van der Waals surface area (Å²) in [6, 6.07) is 7.73. The van der Waals surface area contributed by atoms with E-state index in [2.05, 4.69) is 0 Å². The average Bonchev–Trinajstić information content (AvgIpc) is 3.28. The predicted molar refractivity (Wildman–Crippen MR) is 106 cm³/mol. The number of thioether (sulfide) groups is 1. The molecule has 3 aromatic rings. The number of methoxy groups -OCH3 is 1. The lowest BCUT2D eigenvalue weighted by atomic mass is 10.1. The normalized spacial score (nSPS) is 16.4. The molecular formula is C17H13N3O2S3. The van der Waals surface area contributed by atoms with Crippen LogP contribution in [0.25, 0.3) is 22.3 Å². The summed E-state index contributed by atoms with van der Waals surface area (Å²) in [5, 5.41) is 1.97. The maximum Gasteiger partial charge on any atom is 0.265 e. The highest BCUT2D eigenvalue weighted by Gasteiger charge is 2.29. The minimum atomic E-state index is -0.0825. The minimum absolute atomic E-state index is 0.0825. The summed E-state index contributed by atoms with van der Waals surface area (Å²) in [7, 11) is 3.33. The number of benzene rings is 1. The number of nitrogens with zero attached hydrogens (tertiary/aromatic N) is 3. The Labute approximate surface area is 157 Å². The highest BCUT2D eigenvalue weighted by atomic mass is 32.2. The van der Waals surface area contributed by atoms with Crippen LogP contribution in [-0.2, 0) is 4.79 Å². The molecule has 0 N–H and O–H groups in total. The van der Waals surface area contributed by atoms with E-state index in [1.807, 2.05) is 46.3 Å². The molecule has 0 bridgehead atoms. The Morgan fingerprint density at radius 2 is 2.04 bits per heavy atom. The Kier molecular flexibility index (Phi) is 4.10. The molecule has 25 heavy (non-hydrogen) atoms. The van der Waals surface area contributed by atoms with Crippen molar-refractivity contribution in [3.63, 3.8) is 0 Å². The molecule has 1 fully saturated rings. The van der Waals surface area contributed by atoms with Crippen molar-refractivity contribution in [1.82, 2.24) is 14.3 Å². The number of thiocarbonyl (C=S) groups is 1. The predicted octanol–water partition coefficient (Wildman–Crippen LogP) is 3.90. The maximum absolute atomic E-state index is 12.4. The second-order valence-electron chi connectivity index (χ2n) is 5.37. The van der Waals surface area contributed by atoms with Crippen LogP contribution in [0, 0.1) is 0 Å². The fourth-order valence-electron chi connectivity index (χ4n) is 2.57. The highest BCUT2D eigenvalue weighted by molar-refractivity contribution is 8.26. The summed E-state index contributed by atoms with van der Waals surface area (Å²) in [4.78, 5) is 20.1. The monoisotopic (exact) mass is 387 g/mol. The zero-order valence-corrected chi connectivity index (χ0v) is 15.9. The molecule has 8 heteroatoms. The standard InChI is InChI=1S/C17H13N3O2S3/c1-19-15(21)13(25-17(19)23)9-12-14(18-16-20(12)7-8-24-16)10-3-5-11(22-2)6-4-10/h3-9H,1-2H3. The lowest BCUT2D eigenvalue weighted by molar-refractivity contribution is -0.121. The Morgan fingerprint density at radius 3 is 2.68 bits per heavy atom. The van der Waals surface area contributed by atoms with E-state index >= 15 is 0 Å². The van der Waals surface area contributed by atoms with E-state index in [9.17, 15) is 4.79 Å². The quantitative estimate of drug-likeness (QED) is 0.504. The van der Waals surface area contributed by atoms with Crippen LogP contribution in [0.1, 0.15) is 5.69 Å². The number of carbonyl (C=O) groups is 1. The maximum atomic E-state index is 12.4. The van der Waals surface area contributed by atoms with Crippen LogP contribution < -0.4 is 4.74 Å². The first-order valence-corrected chi connectivity index (χ1v) is 9.50. The fourth-order valence-corrected chi connectivity index (χ4v) is 4.45. The van der Waals surface area contributed by atoms with Crippen molar-refractivity contribution in [2.24, 2.45) is 0 Å². The smallest absolute Gasteiger partial charge is 0.265 e. The van der Waals surface area contributed by atoms with Gasteiger partial charge in [-0.05, 0) is 30.3 Å². The van der Waals surface area contributed by atoms with E-state index in [0.717, 1.165) is 27.7 Å². The van der Waals surface area contributed by atoms with Crippen LogP contribution in [0.5, 0.6) is 5.75 Å². The summed E-state index contributed by atoms with van der Waals surface area (Å²) in [6.45, 7) is 0. The molecule has 0 unspecified atom stereocenters. The number of thiazole rings is 1. The largest absolute Gasteiger partial charge is 0.497 e. The number of fused-ring (bicyclic) bond motifs is 1. The average molecular weight is 388 g/mol. The number of ether oxygens (including phenoxy) is 1. The van der Waals surface area contributed by atoms with Gasteiger partial charge in [0.05, 0.1) is 23.4 Å². The number of imidazole rings is 1. The van der Waals surface area contributed by atoms with Crippen LogP contribution in [-0.4, -0.2) is 38.7 Å². The SMILES string of the molecule is COc1ccc(-c2nc3sccn3c2C=C2SC(=S)N(C)C2=O)cc1. The molecule has 2 aromatic heterocycles. The Hall–Kier alpha value is -2.16. The van der Waals surface area contributed by atoms with Gasteiger partial charge in [-0.2, -0.15) is 0 Å². The van der Waals surface area contributed by atoms with Crippen LogP contribution in [0.15, 0.2) is 40.7 Å². The first kappa shape index (κ1) is 16.3. The van der Waals surface area contributed by atoms with E-state index in [4.69, 9.17) is 21.9 Å². The minimum Gasteiger partial charge on any atom is -0.497 e. The zero-order chi connectivity index (χ0) is 17.6. The van der Waals surface area contributed by atoms with Gasteiger partial charge in [0.15, 0.2) is 4.96 Å². The number of hydrogen-bond acceptors (Lipinski definition) is 6. The Bertz CT molecular complexity index is 1020. The van der Waals surface area contributed by atoms with E-state index in [1.165, 1.54) is 16.7 Å². The molecule has 4 rings (SSSR count). The molecule has 0 radical (unpaired) electrons. The van der Waals surface area contributed by atoms with Crippen molar-refractivity contribution in [1.29, 1.82) is 0 Å². The third kappa shape index (κ3) is 2.76. The number of aromatic nitrogens is 2. The van der Waals surface area contributed by atoms with E-state index in [-0.39, 0.29) is 5.91 Å². The molecule has 1 aromatic carbocycles. The summed E-state index contributed by atoms with van der Waals surface area (Å²) >= 11 is 8.08. The molecule has 1 aliphatic rings. The van der Waals surface area contributed by atoms with Gasteiger partial charge in [0.2, 0.25) is 0 Å². The summed E-state index contributed by atoms with van der Waals surface area (Å²) in [6.07, 6.45) is 3.83. The van der Waals surface area contributed by atoms with E-state index < -0.39 is 0 Å². The first-order valence-electron chi connectivity index (χ1n) is 7.40. The molecule has 1 amide bonds. The van der Waals surface area contributed by atoms with Crippen molar-refractivity contribution in [3.8, 4) is 17.0 Å². The molecule has 0 saturated carbocycles. The molecular weight excluding hydrogens is 374 g/mol. The van der Waals surface area contributed by atoms with Crippen LogP contribution >= 0.6 is 35.3 Å². The second-order valence-corrected chi connectivity index (χ2v) is 7.92. The van der Waals surface area contributed by atoms with Gasteiger partial charge < -0.3 is 4.74 Å². The van der Waals surface area contributed by atoms with Gasteiger partial charge in [-0.3, -0.25) is 14.1 Å². The molecule has 1 aliphatic heterocycles. The number of amides is 1. The van der Waals surface area contributed by atoms with Gasteiger partial charge in [0, 0.05) is 24.2 Å². The van der Waals surface area contributed by atoms with Gasteiger partial charge in [-0.15, -0.1) is 11.3 Å². The topological polar surface area (TPSA) is 46.8 Å². The van der Waals surface area contributed by atoms with Gasteiger partial charge >= 0.3 is 0 Å². The number of hydrogen-bond donors (Lipinski definition) is 0. The van der Waals surface area contributed by atoms with Crippen molar-refractivity contribution in [3.05, 3.63) is 46.4 Å². The van der Waals surface area contributed by atoms with Crippen molar-refractivity contribution < 1.29 is 9.53 Å². The van der Waals surface area contributed by atoms with Crippen LogP contribution in [0.4, 0.5) is 0 Å². The Morgan fingerprint density at radius 1 is 1.28 bits per heavy atom. The molecule has 126 valence electrons. The molecule has 0 atom stereocenters. The molecule has 3 heterocycles. The van der Waals surface area contributed by atoms with Crippen molar-refractivity contribution in [2.75, 3.05) is 14.2 Å². The summed E-state index contributed by atoms with van der Waals surface area (Å²) in [5.74, 6) is 0.707. The highest BCUT2D eigenvalue weighted by Crippen LogP contribution is 2.35. The third-order valence-electron chi connectivity index (χ3n) is 3.92. The van der Waals surface area contributed by atoms with Gasteiger partial charge in [0.25, 0.3) is 5.91 Å². The molecule has 1 saturated heterocycles. The summed E-state index contributed by atoms with van der Waals surface area (Å²) < 4.78 is 7.78. The second kappa shape index (κ2) is 6.29. The van der Waals surface area contributed by atoms with Gasteiger partial charge in [0.1, 0.15) is 10.1 Å². The molecule has 0 spiro atoms. The lowest BCUT2D eigenvalue weighted by Gasteiger charge is -2.04. The zero-order valence-electron chi connectivity index (χ0n) is 13.4. The van der Waals surface area contributed by atoms with Crippen molar-refractivity contribution >= 4 is 56.6 Å².